The highest BCUT2D eigenvalue weighted by Gasteiger charge is 2.42. The summed E-state index contributed by atoms with van der Waals surface area (Å²) in [6, 6.07) is 55.6. The quantitative estimate of drug-likeness (QED) is 0.0798. The summed E-state index contributed by atoms with van der Waals surface area (Å²) in [5.41, 5.74) is 18.8. The summed E-state index contributed by atoms with van der Waals surface area (Å²) in [4.78, 5) is 0. The number of rotatable bonds is 14. The van der Waals surface area contributed by atoms with Gasteiger partial charge in [0.05, 0.1) is 37.5 Å². The molecule has 0 unspecified atom stereocenters. The fourth-order valence-electron chi connectivity index (χ4n) is 11.5. The van der Waals surface area contributed by atoms with Crippen LogP contribution in [0.2, 0.25) is 0 Å². The third-order valence-electron chi connectivity index (χ3n) is 15.4. The Bertz CT molecular complexity index is 3750. The van der Waals surface area contributed by atoms with E-state index in [0.29, 0.717) is 38.3 Å². The lowest BCUT2D eigenvalue weighted by Crippen LogP contribution is -2.59. The van der Waals surface area contributed by atoms with Crippen LogP contribution in [-0.4, -0.2) is 42.3 Å². The van der Waals surface area contributed by atoms with Gasteiger partial charge in [-0.1, -0.05) is 96.1 Å². The van der Waals surface area contributed by atoms with Crippen molar-refractivity contribution in [3.63, 3.8) is 0 Å². The molecule has 374 valence electrons. The lowest BCUT2D eigenvalue weighted by molar-refractivity contribution is 0.207. The van der Waals surface area contributed by atoms with Crippen molar-refractivity contribution < 1.29 is 27.8 Å². The number of nitrogens with zero attached hydrogens (tertiary/aromatic N) is 2. The second-order valence-electron chi connectivity index (χ2n) is 22.6. The van der Waals surface area contributed by atoms with Gasteiger partial charge in [-0.25, -0.2) is 0 Å². The lowest BCUT2D eigenvalue weighted by Gasteiger charge is -2.35. The highest BCUT2D eigenvalue weighted by Crippen LogP contribution is 2.43. The Morgan fingerprint density at radius 1 is 0.427 bits per heavy atom. The molecule has 13 rings (SSSR count). The standard InChI is InChI=1S/C66H61BN2O6/c1-40-14-28-60(74-40)72-32-10-30-70-48-22-16-42(17-23-48)44-20-26-56-50(34-44)52-36-46(65(3,4)5)38-54-63(52)68(56)58-12-9-13-59-62(58)67(54)55-39-47(66(6,7)8)37-53-51-35-45(21-27-57(51)69(59)64(53)55)43-18-24-49(25-19-43)71-31-11-33-73-61-29-15-41(2)75-61/h9,12-29,34-39H,10-11,30-33H2,1-8H3. The lowest BCUT2D eigenvalue weighted by atomic mass is 9.34. The van der Waals surface area contributed by atoms with Crippen LogP contribution in [0.4, 0.5) is 0 Å². The van der Waals surface area contributed by atoms with Crippen LogP contribution in [-0.2, 0) is 10.8 Å². The number of furan rings is 2. The molecule has 0 N–H and O–H groups in total. The number of ether oxygens (including phenoxy) is 4. The maximum atomic E-state index is 6.13. The first-order chi connectivity index (χ1) is 36.2. The Hall–Kier alpha value is -8.04. The molecule has 0 fully saturated rings. The molecule has 7 aromatic carbocycles. The van der Waals surface area contributed by atoms with E-state index in [-0.39, 0.29) is 17.5 Å². The largest absolute Gasteiger partial charge is 0.493 e. The Kier molecular flexibility index (Phi) is 11.1. The number of fused-ring (bicyclic) bond motifs is 10. The summed E-state index contributed by atoms with van der Waals surface area (Å²) in [7, 11) is 0. The van der Waals surface area contributed by atoms with E-state index in [2.05, 4.69) is 178 Å². The van der Waals surface area contributed by atoms with E-state index in [4.69, 9.17) is 27.8 Å². The Morgan fingerprint density at radius 2 is 0.840 bits per heavy atom. The van der Waals surface area contributed by atoms with Crippen molar-refractivity contribution in [2.75, 3.05) is 26.4 Å². The molecular formula is C66H61BN2O6. The van der Waals surface area contributed by atoms with Gasteiger partial charge in [0.25, 0.3) is 18.6 Å². The molecule has 4 aromatic heterocycles. The van der Waals surface area contributed by atoms with Gasteiger partial charge in [-0.3, -0.25) is 0 Å². The predicted molar refractivity (Wildman–Crippen MR) is 306 cm³/mol. The second-order valence-corrected chi connectivity index (χ2v) is 22.6. The van der Waals surface area contributed by atoms with Crippen molar-refractivity contribution in [1.29, 1.82) is 0 Å². The van der Waals surface area contributed by atoms with Crippen LogP contribution in [0.3, 0.4) is 0 Å². The Morgan fingerprint density at radius 3 is 1.24 bits per heavy atom. The third-order valence-corrected chi connectivity index (χ3v) is 15.4. The van der Waals surface area contributed by atoms with E-state index >= 15 is 0 Å². The Balaban J connectivity index is 0.877. The van der Waals surface area contributed by atoms with E-state index in [0.717, 1.165) is 47.0 Å². The van der Waals surface area contributed by atoms with Crippen molar-refractivity contribution in [2.45, 2.75) is 79.1 Å². The topological polar surface area (TPSA) is 73.1 Å². The molecule has 11 aromatic rings. The fraction of sp³-hybridized carbons (Fsp3) is 0.242. The normalized spacial score (nSPS) is 12.8. The average Bonchev–Trinajstić information content (AvgIpc) is 4.19. The number of aryl methyl sites for hydroxylation is 2. The molecule has 0 aliphatic carbocycles. The fourth-order valence-corrected chi connectivity index (χ4v) is 11.5. The maximum Gasteiger partial charge on any atom is 0.284 e. The van der Waals surface area contributed by atoms with E-state index in [9.17, 15) is 0 Å². The molecule has 2 aliphatic rings. The van der Waals surface area contributed by atoms with Gasteiger partial charge in [-0.05, 0) is 159 Å². The third kappa shape index (κ3) is 8.15. The molecule has 0 saturated carbocycles. The molecular weight excluding hydrogens is 928 g/mol. The van der Waals surface area contributed by atoms with E-state index in [1.54, 1.807) is 0 Å². The highest BCUT2D eigenvalue weighted by atomic mass is 16.6. The summed E-state index contributed by atoms with van der Waals surface area (Å²) >= 11 is 0. The molecule has 0 amide bonds. The van der Waals surface area contributed by atoms with Gasteiger partial charge in [0.15, 0.2) is 0 Å². The molecule has 9 heteroatoms. The first-order valence-corrected chi connectivity index (χ1v) is 26.5. The van der Waals surface area contributed by atoms with Crippen molar-refractivity contribution in [3.8, 4) is 57.0 Å². The van der Waals surface area contributed by atoms with Gasteiger partial charge >= 0.3 is 0 Å². The molecule has 0 bridgehead atoms. The van der Waals surface area contributed by atoms with Gasteiger partial charge in [0.1, 0.15) is 23.0 Å². The number of aromatic nitrogens is 2. The Labute approximate surface area is 438 Å². The molecule has 0 spiro atoms. The van der Waals surface area contributed by atoms with Crippen LogP contribution in [0.15, 0.2) is 160 Å². The minimum Gasteiger partial charge on any atom is -0.493 e. The minimum atomic E-state index is -0.0852. The molecule has 0 saturated heterocycles. The van der Waals surface area contributed by atoms with Gasteiger partial charge < -0.3 is 36.9 Å². The maximum absolute atomic E-state index is 6.13. The molecule has 0 radical (unpaired) electrons. The van der Waals surface area contributed by atoms with E-state index < -0.39 is 0 Å². The monoisotopic (exact) mass is 988 g/mol. The van der Waals surface area contributed by atoms with Gasteiger partial charge in [-0.15, -0.1) is 0 Å². The zero-order valence-corrected chi connectivity index (χ0v) is 44.1. The molecule has 2 aliphatic heterocycles. The van der Waals surface area contributed by atoms with E-state index in [1.165, 1.54) is 93.6 Å². The summed E-state index contributed by atoms with van der Waals surface area (Å²) in [6.07, 6.45) is 1.51. The first kappa shape index (κ1) is 46.7. The van der Waals surface area contributed by atoms with Crippen LogP contribution in [0.1, 0.15) is 77.0 Å². The van der Waals surface area contributed by atoms with Crippen LogP contribution in [0.5, 0.6) is 23.4 Å². The SMILES string of the molecule is Cc1ccc(OCCCOc2ccc(-c3ccc4c(c3)c3cc(C(C)(C)C)cc5c3n4-c3cccc4c3B5c3cc(C(C)(C)C)cc5c6cc(-c7ccc(OCCCOc8ccc(C)o8)cc7)ccc6n-4c35)cc2)o1. The smallest absolute Gasteiger partial charge is 0.284 e. The van der Waals surface area contributed by atoms with Crippen LogP contribution >= 0.6 is 0 Å². The molecule has 0 atom stereocenters. The van der Waals surface area contributed by atoms with Crippen molar-refractivity contribution in [3.05, 3.63) is 174 Å². The summed E-state index contributed by atoms with van der Waals surface area (Å²) in [5, 5.41) is 5.10. The number of benzene rings is 7. The number of hydrogen-bond acceptors (Lipinski definition) is 6. The minimum absolute atomic E-state index is 0.0280. The van der Waals surface area contributed by atoms with Gasteiger partial charge in [-0.2, -0.15) is 0 Å². The molecule has 6 heterocycles. The zero-order valence-electron chi connectivity index (χ0n) is 44.1. The molecule has 8 nitrogen and oxygen atoms in total. The van der Waals surface area contributed by atoms with Gasteiger partial charge in [0.2, 0.25) is 0 Å². The van der Waals surface area contributed by atoms with Crippen LogP contribution in [0, 0.1) is 13.8 Å². The first-order valence-electron chi connectivity index (χ1n) is 26.5. The van der Waals surface area contributed by atoms with Crippen molar-refractivity contribution in [2.24, 2.45) is 0 Å². The van der Waals surface area contributed by atoms with Crippen LogP contribution in [0.25, 0.3) is 77.2 Å². The summed E-state index contributed by atoms with van der Waals surface area (Å²) in [5.74, 6) is 4.46. The predicted octanol–water partition coefficient (Wildman–Crippen LogP) is 14.5. The van der Waals surface area contributed by atoms with Gasteiger partial charge in [0, 0.05) is 68.9 Å². The average molecular weight is 989 g/mol. The molecule has 75 heavy (non-hydrogen) atoms. The van der Waals surface area contributed by atoms with Crippen molar-refractivity contribution in [1.82, 2.24) is 9.13 Å². The number of hydrogen-bond donors (Lipinski definition) is 0. The van der Waals surface area contributed by atoms with Crippen molar-refractivity contribution >= 4 is 66.7 Å². The highest BCUT2D eigenvalue weighted by molar-refractivity contribution is 7.00. The zero-order chi connectivity index (χ0) is 51.3. The summed E-state index contributed by atoms with van der Waals surface area (Å²) < 4.78 is 39.9. The van der Waals surface area contributed by atoms with Crippen LogP contribution < -0.4 is 35.3 Å². The van der Waals surface area contributed by atoms with E-state index in [1.807, 2.05) is 38.1 Å². The summed E-state index contributed by atoms with van der Waals surface area (Å²) in [6.45, 7) is 20.1. The second kappa shape index (κ2) is 17.8.